The lowest BCUT2D eigenvalue weighted by atomic mass is 10.2. The van der Waals surface area contributed by atoms with Gasteiger partial charge in [-0.05, 0) is 24.6 Å². The number of rotatable bonds is 7. The molecule has 3 aromatic rings. The summed E-state index contributed by atoms with van der Waals surface area (Å²) >= 11 is 13.3. The Morgan fingerprint density at radius 3 is 2.78 bits per heavy atom. The molecular weight excluding hydrogens is 411 g/mol. The molecule has 0 amide bonds. The molecule has 1 aromatic carbocycles. The third-order valence-corrected chi connectivity index (χ3v) is 5.45. The first kappa shape index (κ1) is 19.7. The summed E-state index contributed by atoms with van der Waals surface area (Å²) < 4.78 is 8.14. The Balaban J connectivity index is 1.93. The van der Waals surface area contributed by atoms with Gasteiger partial charge in [0.1, 0.15) is 11.9 Å². The Hall–Kier alpha value is -2.09. The van der Waals surface area contributed by atoms with E-state index in [2.05, 4.69) is 4.98 Å². The van der Waals surface area contributed by atoms with Gasteiger partial charge in [-0.25, -0.2) is 0 Å². The molecule has 2 aromatic heterocycles. The zero-order chi connectivity index (χ0) is 19.6. The van der Waals surface area contributed by atoms with Crippen molar-refractivity contribution >= 4 is 50.7 Å². The van der Waals surface area contributed by atoms with Crippen LogP contribution in [0.25, 0.3) is 10.2 Å². The van der Waals surface area contributed by atoms with Crippen molar-refractivity contribution in [1.82, 2.24) is 9.55 Å². The van der Waals surface area contributed by atoms with Gasteiger partial charge < -0.3 is 9.84 Å². The number of fused-ring (bicyclic) bond motifs is 1. The zero-order valence-electron chi connectivity index (χ0n) is 14.3. The lowest BCUT2D eigenvalue weighted by molar-refractivity contribution is -0.137. The van der Waals surface area contributed by atoms with E-state index in [4.69, 9.17) is 33.0 Å². The van der Waals surface area contributed by atoms with Crippen molar-refractivity contribution in [2.24, 2.45) is 0 Å². The van der Waals surface area contributed by atoms with E-state index in [-0.39, 0.29) is 23.9 Å². The van der Waals surface area contributed by atoms with Crippen LogP contribution in [0.1, 0.15) is 31.6 Å². The fourth-order valence-corrected chi connectivity index (χ4v) is 3.90. The van der Waals surface area contributed by atoms with Gasteiger partial charge in [0, 0.05) is 18.8 Å². The molecule has 142 valence electrons. The Morgan fingerprint density at radius 2 is 2.15 bits per heavy atom. The van der Waals surface area contributed by atoms with Crippen LogP contribution >= 0.6 is 34.5 Å². The van der Waals surface area contributed by atoms with E-state index in [0.29, 0.717) is 32.4 Å². The lowest BCUT2D eigenvalue weighted by Crippen LogP contribution is -2.15. The average molecular weight is 427 g/mol. The normalized spacial score (nSPS) is 12.3. The van der Waals surface area contributed by atoms with Crippen LogP contribution < -0.4 is 9.61 Å². The minimum atomic E-state index is -0.964. The fraction of sp³-hybridized carbons (Fsp3) is 0.278. The number of thiazole rings is 1. The number of hydrogen-bond donors (Lipinski definition) is 1. The second-order valence-corrected chi connectivity index (χ2v) is 7.67. The SMILES string of the molecule is CC[C@H](Oc1cc2sc(=O)n(CCC(=O)O)c2cc1Cl)c1ccc(Cl)cn1. The number of ether oxygens (including phenoxy) is 1. The standard InChI is InChI=1S/C18H16Cl2N2O4S/c1-2-14(12-4-3-10(19)9-21-12)26-15-8-16-13(7-11(15)20)22(18(25)27-16)6-5-17(23)24/h3-4,7-9,14H,2,5-6H2,1H3,(H,23,24)/t14-/m0/s1. The Labute approximate surface area is 168 Å². The van der Waals surface area contributed by atoms with E-state index in [1.165, 1.54) is 4.57 Å². The van der Waals surface area contributed by atoms with Crippen LogP contribution in [0.2, 0.25) is 10.0 Å². The van der Waals surface area contributed by atoms with E-state index in [0.717, 1.165) is 17.0 Å². The van der Waals surface area contributed by atoms with Crippen LogP contribution in [0.15, 0.2) is 35.3 Å². The highest BCUT2D eigenvalue weighted by molar-refractivity contribution is 7.16. The van der Waals surface area contributed by atoms with Gasteiger partial charge in [0.05, 0.1) is 32.4 Å². The van der Waals surface area contributed by atoms with Gasteiger partial charge in [0.25, 0.3) is 0 Å². The van der Waals surface area contributed by atoms with Crippen LogP contribution in [-0.2, 0) is 11.3 Å². The molecule has 6 nitrogen and oxygen atoms in total. The number of pyridine rings is 1. The van der Waals surface area contributed by atoms with Crippen molar-refractivity contribution in [3.8, 4) is 5.75 Å². The second-order valence-electron chi connectivity index (χ2n) is 5.83. The van der Waals surface area contributed by atoms with Gasteiger partial charge in [-0.3, -0.25) is 19.1 Å². The molecule has 0 aliphatic heterocycles. The van der Waals surface area contributed by atoms with Crippen LogP contribution in [0.5, 0.6) is 5.75 Å². The van der Waals surface area contributed by atoms with E-state index in [1.54, 1.807) is 30.5 Å². The van der Waals surface area contributed by atoms with Crippen LogP contribution in [0, 0.1) is 0 Å². The number of aromatic nitrogens is 2. The highest BCUT2D eigenvalue weighted by Gasteiger charge is 2.17. The molecule has 0 aliphatic rings. The molecule has 0 radical (unpaired) electrons. The van der Waals surface area contributed by atoms with Gasteiger partial charge in [-0.15, -0.1) is 0 Å². The first-order valence-electron chi connectivity index (χ1n) is 8.21. The molecule has 0 saturated heterocycles. The molecule has 2 heterocycles. The van der Waals surface area contributed by atoms with E-state index >= 15 is 0 Å². The number of halogens is 2. The monoisotopic (exact) mass is 426 g/mol. The molecule has 1 atom stereocenters. The second kappa shape index (κ2) is 8.29. The molecule has 0 aliphatic carbocycles. The van der Waals surface area contributed by atoms with Crippen LogP contribution in [-0.4, -0.2) is 20.6 Å². The van der Waals surface area contributed by atoms with Crippen LogP contribution in [0.3, 0.4) is 0 Å². The molecule has 0 spiro atoms. The minimum absolute atomic E-state index is 0.0942. The summed E-state index contributed by atoms with van der Waals surface area (Å²) in [7, 11) is 0. The Bertz CT molecular complexity index is 1030. The number of benzene rings is 1. The molecule has 0 unspecified atom stereocenters. The molecule has 1 N–H and O–H groups in total. The topological polar surface area (TPSA) is 81.4 Å². The Kier molecular flexibility index (Phi) is 6.04. The van der Waals surface area contributed by atoms with Gasteiger partial charge in [0.15, 0.2) is 0 Å². The minimum Gasteiger partial charge on any atom is -0.483 e. The third kappa shape index (κ3) is 4.43. The van der Waals surface area contributed by atoms with Crippen molar-refractivity contribution in [3.05, 3.63) is 55.9 Å². The summed E-state index contributed by atoms with van der Waals surface area (Å²) in [5.74, 6) is -0.520. The molecule has 27 heavy (non-hydrogen) atoms. The van der Waals surface area contributed by atoms with Gasteiger partial charge in [0.2, 0.25) is 0 Å². The maximum Gasteiger partial charge on any atom is 0.308 e. The quantitative estimate of drug-likeness (QED) is 0.588. The highest BCUT2D eigenvalue weighted by atomic mass is 35.5. The summed E-state index contributed by atoms with van der Waals surface area (Å²) in [6.45, 7) is 2.06. The number of hydrogen-bond acceptors (Lipinski definition) is 5. The maximum absolute atomic E-state index is 12.2. The summed E-state index contributed by atoms with van der Waals surface area (Å²) in [4.78, 5) is 27.0. The zero-order valence-corrected chi connectivity index (χ0v) is 16.6. The predicted octanol–water partition coefficient (Wildman–Crippen LogP) is 4.77. The number of carboxylic acids is 1. The van der Waals surface area contributed by atoms with Crippen molar-refractivity contribution in [3.63, 3.8) is 0 Å². The van der Waals surface area contributed by atoms with Crippen molar-refractivity contribution in [2.75, 3.05) is 0 Å². The van der Waals surface area contributed by atoms with E-state index < -0.39 is 5.97 Å². The molecular formula is C18H16Cl2N2O4S. The van der Waals surface area contributed by atoms with Gasteiger partial charge in [-0.1, -0.05) is 41.5 Å². The van der Waals surface area contributed by atoms with Crippen molar-refractivity contribution in [2.45, 2.75) is 32.4 Å². The predicted molar refractivity (Wildman–Crippen MR) is 106 cm³/mol. The lowest BCUT2D eigenvalue weighted by Gasteiger charge is -2.18. The molecule has 3 rings (SSSR count). The number of carbonyl (C=O) groups is 1. The van der Waals surface area contributed by atoms with Crippen molar-refractivity contribution in [1.29, 1.82) is 0 Å². The summed E-state index contributed by atoms with van der Waals surface area (Å²) in [6.07, 6.45) is 1.77. The van der Waals surface area contributed by atoms with E-state index in [9.17, 15) is 9.59 Å². The number of nitrogens with zero attached hydrogens (tertiary/aromatic N) is 2. The number of carboxylic acid groups (broad SMARTS) is 1. The van der Waals surface area contributed by atoms with Gasteiger partial charge in [-0.2, -0.15) is 0 Å². The smallest absolute Gasteiger partial charge is 0.308 e. The van der Waals surface area contributed by atoms with Gasteiger partial charge >= 0.3 is 10.8 Å². The summed E-state index contributed by atoms with van der Waals surface area (Å²) in [5, 5.41) is 9.74. The fourth-order valence-electron chi connectivity index (χ4n) is 2.66. The summed E-state index contributed by atoms with van der Waals surface area (Å²) in [6, 6.07) is 6.88. The van der Waals surface area contributed by atoms with Crippen LogP contribution in [0.4, 0.5) is 0 Å². The first-order chi connectivity index (χ1) is 12.9. The highest BCUT2D eigenvalue weighted by Crippen LogP contribution is 2.35. The maximum atomic E-state index is 12.2. The number of aryl methyl sites for hydroxylation is 1. The molecule has 0 fully saturated rings. The molecule has 0 saturated carbocycles. The molecule has 0 bridgehead atoms. The average Bonchev–Trinajstić information content (AvgIpc) is 2.93. The van der Waals surface area contributed by atoms with Crippen molar-refractivity contribution < 1.29 is 14.6 Å². The summed E-state index contributed by atoms with van der Waals surface area (Å²) in [5.41, 5.74) is 1.33. The Morgan fingerprint density at radius 1 is 1.37 bits per heavy atom. The molecule has 9 heteroatoms. The first-order valence-corrected chi connectivity index (χ1v) is 9.79. The largest absolute Gasteiger partial charge is 0.483 e. The van der Waals surface area contributed by atoms with E-state index in [1.807, 2.05) is 6.92 Å². The third-order valence-electron chi connectivity index (χ3n) is 3.99. The number of aliphatic carboxylic acids is 1.